The molecule has 2 aliphatic rings. The van der Waals surface area contributed by atoms with Gasteiger partial charge in [-0.05, 0) is 35.4 Å². The van der Waals surface area contributed by atoms with Crippen LogP contribution in [0.25, 0.3) is 0 Å². The second-order valence-corrected chi connectivity index (χ2v) is 10.3. The summed E-state index contributed by atoms with van der Waals surface area (Å²) in [5.74, 6) is 5.84. The lowest BCUT2D eigenvalue weighted by Crippen LogP contribution is -2.53. The summed E-state index contributed by atoms with van der Waals surface area (Å²) in [4.78, 5) is 34.3. The summed E-state index contributed by atoms with van der Waals surface area (Å²) in [5.41, 5.74) is 3.98. The molecular formula is C31H34N4O5. The molecule has 0 radical (unpaired) electrons. The van der Waals surface area contributed by atoms with Crippen LogP contribution < -0.4 is 5.56 Å². The number of H-pyrrole nitrogens is 1. The molecule has 3 heterocycles. The van der Waals surface area contributed by atoms with Crippen molar-refractivity contribution in [3.8, 4) is 17.6 Å². The zero-order valence-electron chi connectivity index (χ0n) is 22.6. The smallest absolute Gasteiger partial charge is 0.302 e. The number of ether oxygens (including phenoxy) is 2. The third-order valence-electron chi connectivity index (χ3n) is 7.28. The number of likely N-dealkylation sites (tertiary alicyclic amines) is 1. The molecule has 2 fully saturated rings. The Morgan fingerprint density at radius 1 is 1.07 bits per heavy atom. The quantitative estimate of drug-likeness (QED) is 0.330. The normalized spacial score (nSPS) is 16.9. The Labute approximate surface area is 233 Å². The van der Waals surface area contributed by atoms with Gasteiger partial charge in [-0.15, -0.1) is 0 Å². The number of hydrogen-bond acceptors (Lipinski definition) is 8. The van der Waals surface area contributed by atoms with Crippen LogP contribution in [0, 0.1) is 11.8 Å². The predicted molar refractivity (Wildman–Crippen MR) is 150 cm³/mol. The first kappa shape index (κ1) is 27.6. The van der Waals surface area contributed by atoms with E-state index in [0.717, 1.165) is 49.5 Å². The van der Waals surface area contributed by atoms with E-state index in [9.17, 15) is 14.7 Å². The molecule has 0 bridgehead atoms. The van der Waals surface area contributed by atoms with Crippen molar-refractivity contribution in [2.75, 3.05) is 45.9 Å². The molecule has 2 N–H and O–H groups in total. The number of carbonyl (C=O) groups excluding carboxylic acids is 1. The molecule has 1 atom stereocenters. The highest BCUT2D eigenvalue weighted by molar-refractivity contribution is 5.66. The van der Waals surface area contributed by atoms with Crippen LogP contribution in [-0.4, -0.2) is 82.9 Å². The van der Waals surface area contributed by atoms with Gasteiger partial charge in [0.2, 0.25) is 5.75 Å². The van der Waals surface area contributed by atoms with Crippen LogP contribution in [0.15, 0.2) is 59.7 Å². The number of morpholine rings is 1. The summed E-state index contributed by atoms with van der Waals surface area (Å²) >= 11 is 0. The number of aromatic nitrogens is 2. The molecule has 3 aromatic rings. The van der Waals surface area contributed by atoms with Crippen LogP contribution in [0.2, 0.25) is 0 Å². The van der Waals surface area contributed by atoms with E-state index in [1.807, 2.05) is 24.3 Å². The van der Waals surface area contributed by atoms with E-state index in [1.165, 1.54) is 18.8 Å². The summed E-state index contributed by atoms with van der Waals surface area (Å²) in [6, 6.07) is 16.4. The van der Waals surface area contributed by atoms with Crippen LogP contribution >= 0.6 is 0 Å². The highest BCUT2D eigenvalue weighted by atomic mass is 16.5. The molecule has 0 unspecified atom stereocenters. The molecule has 2 saturated heterocycles. The molecule has 0 amide bonds. The number of esters is 1. The first-order valence-corrected chi connectivity index (χ1v) is 13.6. The summed E-state index contributed by atoms with van der Waals surface area (Å²) in [6.45, 7) is 7.84. The summed E-state index contributed by atoms with van der Waals surface area (Å²) in [7, 11) is 0. The first-order chi connectivity index (χ1) is 19.4. The van der Waals surface area contributed by atoms with Gasteiger partial charge in [-0.1, -0.05) is 36.1 Å². The summed E-state index contributed by atoms with van der Waals surface area (Å²) < 4.78 is 10.7. The Morgan fingerprint density at radius 3 is 2.38 bits per heavy atom. The van der Waals surface area contributed by atoms with Gasteiger partial charge in [-0.25, -0.2) is 4.98 Å². The number of aromatic amines is 1. The van der Waals surface area contributed by atoms with E-state index in [0.29, 0.717) is 31.7 Å². The van der Waals surface area contributed by atoms with Gasteiger partial charge >= 0.3 is 5.97 Å². The Kier molecular flexibility index (Phi) is 8.91. The van der Waals surface area contributed by atoms with Crippen molar-refractivity contribution < 1.29 is 19.4 Å². The molecule has 0 aliphatic carbocycles. The van der Waals surface area contributed by atoms with Gasteiger partial charge in [0.25, 0.3) is 5.56 Å². The SMILES string of the molecule is CC(=O)OC1CN(C[C@@H](Cc2nc[nH]c(=O)c2O)c2ccc(C#Cc3ccc(CN4CCOCC4)cc3)cc2)C1. The molecule has 2 aromatic carbocycles. The molecular weight excluding hydrogens is 508 g/mol. The van der Waals surface area contributed by atoms with Crippen molar-refractivity contribution in [3.05, 3.63) is 93.2 Å². The molecule has 0 saturated carbocycles. The van der Waals surface area contributed by atoms with Crippen molar-refractivity contribution in [1.82, 2.24) is 19.8 Å². The monoisotopic (exact) mass is 542 g/mol. The molecule has 2 aliphatic heterocycles. The number of benzene rings is 2. The van der Waals surface area contributed by atoms with Gasteiger partial charge in [-0.2, -0.15) is 0 Å². The Bertz CT molecular complexity index is 1410. The van der Waals surface area contributed by atoms with Gasteiger partial charge in [0.05, 0.1) is 25.2 Å². The average Bonchev–Trinajstić information content (AvgIpc) is 2.94. The van der Waals surface area contributed by atoms with E-state index in [2.05, 4.69) is 55.9 Å². The topological polar surface area (TPSA) is 108 Å². The number of carbonyl (C=O) groups is 1. The van der Waals surface area contributed by atoms with E-state index >= 15 is 0 Å². The Morgan fingerprint density at radius 2 is 1.73 bits per heavy atom. The van der Waals surface area contributed by atoms with Gasteiger partial charge in [-0.3, -0.25) is 19.4 Å². The maximum atomic E-state index is 11.9. The molecule has 208 valence electrons. The standard InChI is InChI=1S/C31H34N4O5/c1-22(36)40-28-19-35(20-28)18-27(16-29-30(37)31(38)33-21-32-29)26-10-8-24(9-11-26)3-2-23-4-6-25(7-5-23)17-34-12-14-39-15-13-34/h4-11,21,27-28,37H,12-20H2,1H3,(H,32,33,38)/t27-/m1/s1. The fourth-order valence-electron chi connectivity index (χ4n) is 5.09. The molecule has 9 heteroatoms. The predicted octanol–water partition coefficient (Wildman–Crippen LogP) is 2.28. The molecule has 9 nitrogen and oxygen atoms in total. The largest absolute Gasteiger partial charge is 0.502 e. The Balaban J connectivity index is 1.25. The highest BCUT2D eigenvalue weighted by Gasteiger charge is 2.31. The molecule has 5 rings (SSSR count). The fourth-order valence-corrected chi connectivity index (χ4v) is 5.09. The van der Waals surface area contributed by atoms with Crippen LogP contribution in [0.5, 0.6) is 5.75 Å². The zero-order valence-corrected chi connectivity index (χ0v) is 22.6. The van der Waals surface area contributed by atoms with Gasteiger partial charge in [0.15, 0.2) is 0 Å². The lowest BCUT2D eigenvalue weighted by Gasteiger charge is -2.40. The van der Waals surface area contributed by atoms with Crippen LogP contribution in [0.4, 0.5) is 0 Å². The number of nitrogens with one attached hydrogen (secondary N) is 1. The van der Waals surface area contributed by atoms with Gasteiger partial charge in [0, 0.05) is 69.7 Å². The number of rotatable bonds is 8. The summed E-state index contributed by atoms with van der Waals surface area (Å²) in [6.07, 6.45) is 1.60. The fraction of sp³-hybridized carbons (Fsp3) is 0.387. The van der Waals surface area contributed by atoms with Crippen LogP contribution in [-0.2, 0) is 27.2 Å². The lowest BCUT2D eigenvalue weighted by atomic mass is 9.91. The van der Waals surface area contributed by atoms with Crippen molar-refractivity contribution in [3.63, 3.8) is 0 Å². The number of aromatic hydroxyl groups is 1. The minimum absolute atomic E-state index is 0.0282. The van der Waals surface area contributed by atoms with Crippen molar-refractivity contribution >= 4 is 5.97 Å². The first-order valence-electron chi connectivity index (χ1n) is 13.6. The maximum absolute atomic E-state index is 11.9. The van der Waals surface area contributed by atoms with E-state index in [-0.39, 0.29) is 23.7 Å². The summed E-state index contributed by atoms with van der Waals surface area (Å²) in [5, 5.41) is 10.3. The zero-order chi connectivity index (χ0) is 27.9. The number of hydrogen-bond donors (Lipinski definition) is 2. The van der Waals surface area contributed by atoms with Crippen molar-refractivity contribution in [2.45, 2.75) is 31.9 Å². The van der Waals surface area contributed by atoms with E-state index < -0.39 is 5.56 Å². The van der Waals surface area contributed by atoms with Crippen LogP contribution in [0.1, 0.15) is 40.8 Å². The second kappa shape index (κ2) is 12.9. The van der Waals surface area contributed by atoms with Crippen molar-refractivity contribution in [1.29, 1.82) is 0 Å². The minimum atomic E-state index is -0.553. The third kappa shape index (κ3) is 7.36. The van der Waals surface area contributed by atoms with Crippen LogP contribution in [0.3, 0.4) is 0 Å². The van der Waals surface area contributed by atoms with Gasteiger partial charge in [0.1, 0.15) is 6.10 Å². The van der Waals surface area contributed by atoms with E-state index in [1.54, 1.807) is 0 Å². The molecule has 0 spiro atoms. The maximum Gasteiger partial charge on any atom is 0.302 e. The Hall–Kier alpha value is -3.97. The molecule has 1 aromatic heterocycles. The minimum Gasteiger partial charge on any atom is -0.502 e. The number of nitrogens with zero attached hydrogens (tertiary/aromatic N) is 3. The average molecular weight is 543 g/mol. The van der Waals surface area contributed by atoms with E-state index in [4.69, 9.17) is 9.47 Å². The second-order valence-electron chi connectivity index (χ2n) is 10.3. The van der Waals surface area contributed by atoms with Crippen molar-refractivity contribution in [2.24, 2.45) is 0 Å². The lowest BCUT2D eigenvalue weighted by molar-refractivity contribution is -0.154. The highest BCUT2D eigenvalue weighted by Crippen LogP contribution is 2.27. The molecule has 40 heavy (non-hydrogen) atoms. The van der Waals surface area contributed by atoms with Gasteiger partial charge < -0.3 is 19.6 Å². The third-order valence-corrected chi connectivity index (χ3v) is 7.28.